The molecular formula is C45H52N6O7. The van der Waals surface area contributed by atoms with Crippen molar-refractivity contribution in [3.63, 3.8) is 0 Å². The van der Waals surface area contributed by atoms with Gasteiger partial charge in [-0.3, -0.25) is 24.4 Å². The highest BCUT2D eigenvalue weighted by molar-refractivity contribution is 6.18. The van der Waals surface area contributed by atoms with Gasteiger partial charge in [0.05, 0.1) is 38.4 Å². The summed E-state index contributed by atoms with van der Waals surface area (Å²) < 4.78 is 9.53. The molecule has 0 unspecified atom stereocenters. The van der Waals surface area contributed by atoms with E-state index in [0.717, 1.165) is 58.0 Å². The van der Waals surface area contributed by atoms with Crippen molar-refractivity contribution >= 4 is 63.2 Å². The molecule has 7 rings (SSSR count). The Balaban J connectivity index is 1.04. The zero-order valence-corrected chi connectivity index (χ0v) is 34.0. The van der Waals surface area contributed by atoms with Crippen LogP contribution in [0.2, 0.25) is 0 Å². The second-order valence-corrected chi connectivity index (χ2v) is 16.3. The number of nitrogens with zero attached hydrogens (tertiary/aromatic N) is 4. The van der Waals surface area contributed by atoms with Gasteiger partial charge in [-0.05, 0) is 94.8 Å². The second kappa shape index (κ2) is 16.9. The minimum atomic E-state index is -0.743. The zero-order valence-electron chi connectivity index (χ0n) is 34.0. The molecule has 0 bridgehead atoms. The molecule has 2 fully saturated rings. The normalized spacial score (nSPS) is 20.1. The highest BCUT2D eigenvalue weighted by Gasteiger charge is 2.40. The first-order chi connectivity index (χ1) is 27.9. The molecule has 0 aromatic heterocycles. The number of aliphatic imine (C=N–C) groups is 2. The molecule has 0 aliphatic carbocycles. The van der Waals surface area contributed by atoms with Crippen LogP contribution >= 0.6 is 0 Å². The van der Waals surface area contributed by atoms with E-state index in [1.54, 1.807) is 4.90 Å². The Labute approximate surface area is 338 Å². The van der Waals surface area contributed by atoms with E-state index in [0.29, 0.717) is 42.9 Å². The van der Waals surface area contributed by atoms with E-state index in [4.69, 9.17) is 19.5 Å². The summed E-state index contributed by atoms with van der Waals surface area (Å²) in [6, 6.07) is 16.6. The molecule has 3 aromatic carbocycles. The minimum Gasteiger partial charge on any atom is -0.453 e. The van der Waals surface area contributed by atoms with E-state index in [9.17, 15) is 24.0 Å². The first kappa shape index (κ1) is 40.4. The van der Waals surface area contributed by atoms with E-state index in [1.165, 1.54) is 14.2 Å². The van der Waals surface area contributed by atoms with Crippen molar-refractivity contribution < 1.29 is 33.4 Å². The van der Waals surface area contributed by atoms with Gasteiger partial charge in [0.1, 0.15) is 12.1 Å². The van der Waals surface area contributed by atoms with E-state index < -0.39 is 24.3 Å². The highest BCUT2D eigenvalue weighted by atomic mass is 16.5. The van der Waals surface area contributed by atoms with Crippen molar-refractivity contribution in [2.24, 2.45) is 21.8 Å². The third-order valence-corrected chi connectivity index (χ3v) is 11.8. The number of hydrogen-bond acceptors (Lipinski definition) is 9. The number of amides is 4. The summed E-state index contributed by atoms with van der Waals surface area (Å²) in [6.45, 7) is 8.72. The summed E-state index contributed by atoms with van der Waals surface area (Å²) in [5.41, 5.74) is 6.84. The van der Waals surface area contributed by atoms with Gasteiger partial charge in [-0.15, -0.1) is 0 Å². The largest absolute Gasteiger partial charge is 0.453 e. The molecule has 4 atom stereocenters. The lowest BCUT2D eigenvalue weighted by Crippen LogP contribution is -2.54. The summed E-state index contributed by atoms with van der Waals surface area (Å²) in [7, 11) is 2.57. The smallest absolute Gasteiger partial charge is 0.407 e. The SMILES string of the molecule is COC(=O)N[C@H](C(=O)N1CCC[C@H]1C1=NC=C(c2ccc3cc(-c4ccc5c(c4)C(=O)CC([C@@H]4CCCN4C(=O)[C@@H](NC(=O)OC)C(C)C)=N5)ccc3c2)C1)C(C)C. The third-order valence-electron chi connectivity index (χ3n) is 11.8. The van der Waals surface area contributed by atoms with Crippen molar-refractivity contribution in [1.82, 2.24) is 20.4 Å². The van der Waals surface area contributed by atoms with E-state index in [1.807, 2.05) is 57.0 Å². The number of fused-ring (bicyclic) bond motifs is 2. The van der Waals surface area contributed by atoms with Gasteiger partial charge in [0, 0.05) is 42.7 Å². The zero-order chi connectivity index (χ0) is 41.2. The predicted molar refractivity (Wildman–Crippen MR) is 223 cm³/mol. The van der Waals surface area contributed by atoms with Crippen LogP contribution in [-0.2, 0) is 19.1 Å². The maximum atomic E-state index is 13.7. The molecule has 2 N–H and O–H groups in total. The molecule has 304 valence electrons. The van der Waals surface area contributed by atoms with Gasteiger partial charge in [-0.2, -0.15) is 0 Å². The number of rotatable bonds is 10. The van der Waals surface area contributed by atoms with Crippen LogP contribution in [0.1, 0.15) is 82.1 Å². The Morgan fingerprint density at radius 1 is 0.690 bits per heavy atom. The van der Waals surface area contributed by atoms with E-state index >= 15 is 0 Å². The quantitative estimate of drug-likeness (QED) is 0.222. The lowest BCUT2D eigenvalue weighted by Gasteiger charge is -2.32. The monoisotopic (exact) mass is 788 g/mol. The van der Waals surface area contributed by atoms with Gasteiger partial charge in [0.15, 0.2) is 5.78 Å². The first-order valence-electron chi connectivity index (χ1n) is 20.2. The van der Waals surface area contributed by atoms with E-state index in [-0.39, 0.29) is 47.9 Å². The molecule has 0 saturated carbocycles. The summed E-state index contributed by atoms with van der Waals surface area (Å²) in [5.74, 6) is -0.592. The fourth-order valence-electron chi connectivity index (χ4n) is 8.65. The molecule has 0 radical (unpaired) electrons. The van der Waals surface area contributed by atoms with Gasteiger partial charge in [-0.1, -0.05) is 58.0 Å². The van der Waals surface area contributed by atoms with Crippen LogP contribution in [-0.4, -0.2) is 102 Å². The molecule has 4 aliphatic heterocycles. The molecule has 2 saturated heterocycles. The number of alkyl carbamates (subject to hydrolysis) is 2. The van der Waals surface area contributed by atoms with Crippen LogP contribution in [0.4, 0.5) is 15.3 Å². The number of likely N-dealkylation sites (tertiary alicyclic amines) is 2. The van der Waals surface area contributed by atoms with Crippen LogP contribution in [0.25, 0.3) is 27.5 Å². The number of allylic oxidation sites excluding steroid dienone is 1. The van der Waals surface area contributed by atoms with Crippen molar-refractivity contribution in [3.8, 4) is 11.1 Å². The van der Waals surface area contributed by atoms with Crippen LogP contribution in [0.15, 0.2) is 70.8 Å². The number of carbonyl (C=O) groups excluding carboxylic acids is 5. The summed E-state index contributed by atoms with van der Waals surface area (Å²) >= 11 is 0. The Morgan fingerprint density at radius 2 is 1.21 bits per heavy atom. The predicted octanol–water partition coefficient (Wildman–Crippen LogP) is 7.09. The Kier molecular flexibility index (Phi) is 11.8. The maximum Gasteiger partial charge on any atom is 0.407 e. The van der Waals surface area contributed by atoms with Gasteiger partial charge in [0.25, 0.3) is 0 Å². The van der Waals surface area contributed by atoms with Gasteiger partial charge < -0.3 is 29.9 Å². The Hall–Kier alpha value is -5.85. The van der Waals surface area contributed by atoms with Gasteiger partial charge in [-0.25, -0.2) is 9.59 Å². The number of ether oxygens (including phenoxy) is 2. The number of methoxy groups -OCH3 is 2. The lowest BCUT2D eigenvalue weighted by atomic mass is 9.91. The number of benzene rings is 3. The average Bonchev–Trinajstić information content (AvgIpc) is 4.02. The standard InChI is InChI=1S/C45H52N6O7/c1-25(2)40(48-44(55)57-5)42(53)50-17-7-9-37(50)35-22-32(24-46-35)30-14-13-27-19-29(12-11-28(27)20-30)31-15-16-34-33(21-31)39(52)23-36(47-34)38-10-8-18-51(38)43(54)41(26(3)4)49-45(56)58-6/h11-16,19-21,24-26,37-38,40-41H,7-10,17-18,22-23H2,1-6H3,(H,48,55)(H,49,56)/t37-,38-,40-,41-/m0/s1. The molecule has 4 amide bonds. The Bertz CT molecular complexity index is 2240. The molecular weight excluding hydrogens is 737 g/mol. The topological polar surface area (TPSA) is 159 Å². The van der Waals surface area contributed by atoms with Gasteiger partial charge in [0.2, 0.25) is 11.8 Å². The number of nitrogens with one attached hydrogen (secondary N) is 2. The van der Waals surface area contributed by atoms with Crippen LogP contribution < -0.4 is 10.6 Å². The number of hydrogen-bond donors (Lipinski definition) is 2. The maximum absolute atomic E-state index is 13.7. The van der Waals surface area contributed by atoms with Crippen molar-refractivity contribution in [2.45, 2.75) is 90.4 Å². The summed E-state index contributed by atoms with van der Waals surface area (Å²) in [5, 5.41) is 7.52. The number of ketones is 1. The van der Waals surface area contributed by atoms with Gasteiger partial charge >= 0.3 is 12.2 Å². The molecule has 4 heterocycles. The van der Waals surface area contributed by atoms with E-state index in [2.05, 4.69) is 47.0 Å². The molecule has 58 heavy (non-hydrogen) atoms. The molecule has 13 heteroatoms. The Morgan fingerprint density at radius 3 is 1.78 bits per heavy atom. The number of Topliss-reactive ketones (excluding diaryl/α,β-unsaturated/α-hetero) is 1. The van der Waals surface area contributed by atoms with Crippen molar-refractivity contribution in [3.05, 3.63) is 71.9 Å². The average molecular weight is 789 g/mol. The number of carbonyl (C=O) groups is 5. The molecule has 3 aromatic rings. The first-order valence-corrected chi connectivity index (χ1v) is 20.2. The summed E-state index contributed by atoms with van der Waals surface area (Å²) in [6.07, 6.45) is 4.59. The summed E-state index contributed by atoms with van der Waals surface area (Å²) in [4.78, 5) is 78.3. The third kappa shape index (κ3) is 8.12. The van der Waals surface area contributed by atoms with Crippen LogP contribution in [0.5, 0.6) is 0 Å². The van der Waals surface area contributed by atoms with Crippen LogP contribution in [0, 0.1) is 11.8 Å². The molecule has 4 aliphatic rings. The molecule has 13 nitrogen and oxygen atoms in total. The van der Waals surface area contributed by atoms with Crippen molar-refractivity contribution in [2.75, 3.05) is 27.3 Å². The highest BCUT2D eigenvalue weighted by Crippen LogP contribution is 2.36. The lowest BCUT2D eigenvalue weighted by molar-refractivity contribution is -0.134. The fourth-order valence-corrected chi connectivity index (χ4v) is 8.65. The minimum absolute atomic E-state index is 0.0335. The van der Waals surface area contributed by atoms with Crippen molar-refractivity contribution in [1.29, 1.82) is 0 Å². The van der Waals surface area contributed by atoms with Crippen LogP contribution in [0.3, 0.4) is 0 Å². The second-order valence-electron chi connectivity index (χ2n) is 16.3. The molecule has 0 spiro atoms. The fraction of sp³-hybridized carbons (Fsp3) is 0.444.